The highest BCUT2D eigenvalue weighted by Gasteiger charge is 2.51. The summed E-state index contributed by atoms with van der Waals surface area (Å²) in [6.45, 7) is 0. The highest BCUT2D eigenvalue weighted by molar-refractivity contribution is 7.82. The number of urea groups is 1. The minimum atomic E-state index is -1.73. The van der Waals surface area contributed by atoms with Crippen LogP contribution >= 0.6 is 11.6 Å². The summed E-state index contributed by atoms with van der Waals surface area (Å²) in [5, 5.41) is 13.9. The second-order valence-corrected chi connectivity index (χ2v) is 9.08. The molecule has 3 aromatic carbocycles. The van der Waals surface area contributed by atoms with Gasteiger partial charge in [0.2, 0.25) is 5.91 Å². The zero-order chi connectivity index (χ0) is 23.6. The minimum Gasteiger partial charge on any atom is -0.323 e. The molecule has 4 rings (SSSR count). The van der Waals surface area contributed by atoms with E-state index in [4.69, 9.17) is 16.7 Å². The number of hydrogen-bond donors (Lipinski definition) is 4. The number of amides is 3. The predicted molar refractivity (Wildman–Crippen MR) is 127 cm³/mol. The lowest BCUT2D eigenvalue weighted by Gasteiger charge is -2.18. The first-order valence-corrected chi connectivity index (χ1v) is 11.6. The number of anilines is 2. The van der Waals surface area contributed by atoms with E-state index in [0.29, 0.717) is 39.6 Å². The Kier molecular flexibility index (Phi) is 6.46. The van der Waals surface area contributed by atoms with Gasteiger partial charge in [0.15, 0.2) is 0 Å². The number of rotatable bonds is 6. The van der Waals surface area contributed by atoms with Crippen LogP contribution in [-0.2, 0) is 15.8 Å². The molecule has 10 heteroatoms. The van der Waals surface area contributed by atoms with Gasteiger partial charge in [-0.15, -0.1) is 0 Å². The van der Waals surface area contributed by atoms with Gasteiger partial charge in [-0.05, 0) is 66.4 Å². The van der Waals surface area contributed by atoms with Gasteiger partial charge in [0.1, 0.15) is 22.3 Å². The fourth-order valence-electron chi connectivity index (χ4n) is 3.35. The molecule has 0 radical (unpaired) electrons. The Hall–Kier alpha value is -3.27. The SMILES string of the molecule is NS(=O)c1ccccc1-c1ccc(NC(=O)C2(NC(=O)Nc3ccc(Cl)cc3)CC2)c(F)c1. The van der Waals surface area contributed by atoms with E-state index in [0.717, 1.165) is 0 Å². The summed E-state index contributed by atoms with van der Waals surface area (Å²) in [4.78, 5) is 25.5. The van der Waals surface area contributed by atoms with Crippen LogP contribution in [0.4, 0.5) is 20.6 Å². The molecular formula is C23H20ClFN4O3S. The fraction of sp³-hybridized carbons (Fsp3) is 0.130. The summed E-state index contributed by atoms with van der Waals surface area (Å²) in [5.74, 6) is -1.18. The number of nitrogens with one attached hydrogen (secondary N) is 3. The summed E-state index contributed by atoms with van der Waals surface area (Å²) in [5.41, 5.74) is 0.399. The van der Waals surface area contributed by atoms with E-state index < -0.39 is 34.3 Å². The van der Waals surface area contributed by atoms with Crippen molar-refractivity contribution in [2.24, 2.45) is 5.14 Å². The average Bonchev–Trinajstić information content (AvgIpc) is 3.57. The Bertz CT molecular complexity index is 1250. The molecular weight excluding hydrogens is 467 g/mol. The molecule has 1 atom stereocenters. The van der Waals surface area contributed by atoms with Crippen molar-refractivity contribution in [1.82, 2.24) is 5.32 Å². The molecule has 1 saturated carbocycles. The maximum atomic E-state index is 14.8. The largest absolute Gasteiger partial charge is 0.323 e. The smallest absolute Gasteiger partial charge is 0.320 e. The molecule has 0 saturated heterocycles. The van der Waals surface area contributed by atoms with E-state index in [-0.39, 0.29) is 5.69 Å². The second-order valence-electron chi connectivity index (χ2n) is 7.61. The van der Waals surface area contributed by atoms with Gasteiger partial charge in [-0.2, -0.15) is 0 Å². The third kappa shape index (κ3) is 5.22. The molecule has 1 aliphatic carbocycles. The monoisotopic (exact) mass is 486 g/mol. The number of nitrogens with two attached hydrogens (primary N) is 1. The summed E-state index contributed by atoms with van der Waals surface area (Å²) >= 11 is 5.83. The Morgan fingerprint density at radius 1 is 1.00 bits per heavy atom. The first-order chi connectivity index (χ1) is 15.8. The Balaban J connectivity index is 1.44. The molecule has 0 aliphatic heterocycles. The molecule has 1 aliphatic rings. The highest BCUT2D eigenvalue weighted by atomic mass is 35.5. The van der Waals surface area contributed by atoms with Crippen molar-refractivity contribution in [3.63, 3.8) is 0 Å². The van der Waals surface area contributed by atoms with Crippen LogP contribution in [0.2, 0.25) is 5.02 Å². The van der Waals surface area contributed by atoms with E-state index >= 15 is 0 Å². The zero-order valence-electron chi connectivity index (χ0n) is 17.2. The van der Waals surface area contributed by atoms with Crippen LogP contribution in [0, 0.1) is 5.82 Å². The molecule has 170 valence electrons. The minimum absolute atomic E-state index is 0.0266. The van der Waals surface area contributed by atoms with Gasteiger partial charge in [-0.1, -0.05) is 35.9 Å². The molecule has 33 heavy (non-hydrogen) atoms. The third-order valence-corrected chi connectivity index (χ3v) is 6.31. The van der Waals surface area contributed by atoms with E-state index in [1.165, 1.54) is 12.1 Å². The van der Waals surface area contributed by atoms with E-state index in [1.54, 1.807) is 54.6 Å². The quantitative estimate of drug-likeness (QED) is 0.413. The lowest BCUT2D eigenvalue weighted by molar-refractivity contribution is -0.118. The van der Waals surface area contributed by atoms with Gasteiger partial charge in [0, 0.05) is 10.7 Å². The maximum absolute atomic E-state index is 14.8. The van der Waals surface area contributed by atoms with Crippen molar-refractivity contribution in [2.45, 2.75) is 23.3 Å². The van der Waals surface area contributed by atoms with Gasteiger partial charge in [-0.25, -0.2) is 18.5 Å². The third-order valence-electron chi connectivity index (χ3n) is 5.27. The maximum Gasteiger partial charge on any atom is 0.320 e. The lowest BCUT2D eigenvalue weighted by atomic mass is 10.0. The molecule has 0 bridgehead atoms. The first kappa shape index (κ1) is 22.9. The van der Waals surface area contributed by atoms with Crippen molar-refractivity contribution in [3.8, 4) is 11.1 Å². The van der Waals surface area contributed by atoms with Crippen molar-refractivity contribution >= 4 is 45.9 Å². The van der Waals surface area contributed by atoms with E-state index in [2.05, 4.69) is 16.0 Å². The lowest BCUT2D eigenvalue weighted by Crippen LogP contribution is -2.47. The van der Waals surface area contributed by atoms with Gasteiger partial charge in [-0.3, -0.25) is 4.79 Å². The normalized spacial score (nSPS) is 14.8. The van der Waals surface area contributed by atoms with Crippen LogP contribution in [0.15, 0.2) is 71.6 Å². The van der Waals surface area contributed by atoms with Crippen LogP contribution in [0.25, 0.3) is 11.1 Å². The van der Waals surface area contributed by atoms with E-state index in [9.17, 15) is 18.2 Å². The molecule has 7 nitrogen and oxygen atoms in total. The first-order valence-electron chi connectivity index (χ1n) is 9.99. The topological polar surface area (TPSA) is 113 Å². The Labute approximate surface area is 197 Å². The van der Waals surface area contributed by atoms with Crippen LogP contribution in [0.1, 0.15) is 12.8 Å². The number of benzene rings is 3. The fourth-order valence-corrected chi connectivity index (χ4v) is 4.09. The molecule has 5 N–H and O–H groups in total. The number of carbonyl (C=O) groups is 2. The standard InChI is InChI=1S/C23H20ClFN4O3S/c24-15-6-8-16(9-7-15)27-22(31)29-23(11-12-23)21(30)28-19-10-5-14(13-18(19)25)17-3-1-2-4-20(17)33(26)32/h1-10,13H,11-12,26H2,(H,28,30)(H2,27,29,31). The second kappa shape index (κ2) is 9.30. The Morgan fingerprint density at radius 3 is 2.33 bits per heavy atom. The zero-order valence-corrected chi connectivity index (χ0v) is 18.8. The van der Waals surface area contributed by atoms with Gasteiger partial charge >= 0.3 is 6.03 Å². The summed E-state index contributed by atoms with van der Waals surface area (Å²) in [7, 11) is -1.73. The van der Waals surface area contributed by atoms with Gasteiger partial charge in [0.25, 0.3) is 0 Å². The van der Waals surface area contributed by atoms with Gasteiger partial charge in [0.05, 0.1) is 10.6 Å². The molecule has 1 fully saturated rings. The van der Waals surface area contributed by atoms with Crippen molar-refractivity contribution in [2.75, 3.05) is 10.6 Å². The molecule has 3 amide bonds. The number of hydrogen-bond acceptors (Lipinski definition) is 3. The molecule has 0 aromatic heterocycles. The summed E-state index contributed by atoms with van der Waals surface area (Å²) in [6, 6.07) is 17.0. The number of halogens is 2. The Morgan fingerprint density at radius 2 is 1.70 bits per heavy atom. The summed E-state index contributed by atoms with van der Waals surface area (Å²) in [6.07, 6.45) is 0.866. The van der Waals surface area contributed by atoms with Crippen molar-refractivity contribution in [1.29, 1.82) is 0 Å². The van der Waals surface area contributed by atoms with Crippen LogP contribution in [-0.4, -0.2) is 21.7 Å². The van der Waals surface area contributed by atoms with Crippen molar-refractivity contribution < 1.29 is 18.2 Å². The molecule has 0 spiro atoms. The van der Waals surface area contributed by atoms with E-state index in [1.807, 2.05) is 0 Å². The number of carbonyl (C=O) groups excluding carboxylic acids is 2. The molecule has 1 unspecified atom stereocenters. The molecule has 0 heterocycles. The van der Waals surface area contributed by atoms with Crippen LogP contribution in [0.5, 0.6) is 0 Å². The molecule has 3 aromatic rings. The van der Waals surface area contributed by atoms with Crippen LogP contribution < -0.4 is 21.1 Å². The highest BCUT2D eigenvalue weighted by Crippen LogP contribution is 2.37. The summed E-state index contributed by atoms with van der Waals surface area (Å²) < 4.78 is 26.6. The van der Waals surface area contributed by atoms with Crippen LogP contribution in [0.3, 0.4) is 0 Å². The van der Waals surface area contributed by atoms with Gasteiger partial charge < -0.3 is 16.0 Å². The van der Waals surface area contributed by atoms with Crippen molar-refractivity contribution in [3.05, 3.63) is 77.6 Å². The predicted octanol–water partition coefficient (Wildman–Crippen LogP) is 4.42. The average molecular weight is 487 g/mol.